The number of amides is 2. The summed E-state index contributed by atoms with van der Waals surface area (Å²) < 4.78 is 12.7. The van der Waals surface area contributed by atoms with Gasteiger partial charge in [0.1, 0.15) is 23.4 Å². The maximum atomic E-state index is 13.5. The van der Waals surface area contributed by atoms with Crippen molar-refractivity contribution in [2.75, 3.05) is 26.7 Å². The molecule has 0 aliphatic carbocycles. The molecule has 9 nitrogen and oxygen atoms in total. The van der Waals surface area contributed by atoms with Crippen LogP contribution in [0.25, 0.3) is 16.7 Å². The number of carbonyl (C=O) groups is 2. The molecule has 0 spiro atoms. The normalized spacial score (nSPS) is 16.1. The molecule has 1 aliphatic rings. The predicted octanol–water partition coefficient (Wildman–Crippen LogP) is 3.32. The Morgan fingerprint density at radius 3 is 2.62 bits per heavy atom. The van der Waals surface area contributed by atoms with Gasteiger partial charge in [-0.15, -0.1) is 5.10 Å². The van der Waals surface area contributed by atoms with Gasteiger partial charge in [-0.1, -0.05) is 18.2 Å². The van der Waals surface area contributed by atoms with Crippen molar-refractivity contribution in [1.29, 1.82) is 0 Å². The zero-order valence-electron chi connectivity index (χ0n) is 19.3. The molecule has 1 unspecified atom stereocenters. The SMILES string of the molecule is COc1ccc2oc(C)c(C(=O)N3CCN(C(=O)c4ncn(-c5ccccc5)n4)CC3C)c2c1. The number of ether oxygens (including phenoxy) is 1. The van der Waals surface area contributed by atoms with Crippen molar-refractivity contribution in [1.82, 2.24) is 24.6 Å². The number of piperazine rings is 1. The minimum Gasteiger partial charge on any atom is -0.497 e. The van der Waals surface area contributed by atoms with Gasteiger partial charge in [-0.05, 0) is 44.2 Å². The molecule has 174 valence electrons. The van der Waals surface area contributed by atoms with Crippen molar-refractivity contribution < 1.29 is 18.7 Å². The van der Waals surface area contributed by atoms with E-state index in [0.29, 0.717) is 42.3 Å². The van der Waals surface area contributed by atoms with Crippen LogP contribution in [0.4, 0.5) is 0 Å². The van der Waals surface area contributed by atoms with Gasteiger partial charge in [0, 0.05) is 31.1 Å². The van der Waals surface area contributed by atoms with Crippen LogP contribution in [0.5, 0.6) is 5.75 Å². The zero-order chi connectivity index (χ0) is 23.8. The van der Waals surface area contributed by atoms with E-state index in [-0.39, 0.29) is 23.7 Å². The average molecular weight is 460 g/mol. The fourth-order valence-electron chi connectivity index (χ4n) is 4.39. The van der Waals surface area contributed by atoms with Crippen molar-refractivity contribution in [3.05, 3.63) is 72.0 Å². The summed E-state index contributed by atoms with van der Waals surface area (Å²) in [7, 11) is 1.59. The lowest BCUT2D eigenvalue weighted by molar-refractivity contribution is 0.0408. The van der Waals surface area contributed by atoms with E-state index in [0.717, 1.165) is 11.1 Å². The number of methoxy groups -OCH3 is 1. The summed E-state index contributed by atoms with van der Waals surface area (Å²) >= 11 is 0. The van der Waals surface area contributed by atoms with E-state index in [1.165, 1.54) is 6.33 Å². The molecule has 4 aromatic rings. The number of para-hydroxylation sites is 1. The third-order valence-corrected chi connectivity index (χ3v) is 6.16. The van der Waals surface area contributed by atoms with Gasteiger partial charge in [0.2, 0.25) is 5.82 Å². The number of benzene rings is 2. The lowest BCUT2D eigenvalue weighted by Gasteiger charge is -2.39. The van der Waals surface area contributed by atoms with E-state index in [9.17, 15) is 9.59 Å². The van der Waals surface area contributed by atoms with Gasteiger partial charge in [-0.25, -0.2) is 9.67 Å². The molecule has 2 aromatic carbocycles. The number of hydrogen-bond acceptors (Lipinski definition) is 6. The van der Waals surface area contributed by atoms with Crippen molar-refractivity contribution in [3.63, 3.8) is 0 Å². The topological polar surface area (TPSA) is 93.7 Å². The number of hydrogen-bond donors (Lipinski definition) is 0. The number of nitrogens with zero attached hydrogens (tertiary/aromatic N) is 5. The molecular weight excluding hydrogens is 434 g/mol. The van der Waals surface area contributed by atoms with Crippen LogP contribution in [0.2, 0.25) is 0 Å². The third kappa shape index (κ3) is 3.79. The van der Waals surface area contributed by atoms with Crippen molar-refractivity contribution in [2.24, 2.45) is 0 Å². The Labute approximate surface area is 196 Å². The van der Waals surface area contributed by atoms with Crippen LogP contribution < -0.4 is 4.74 Å². The van der Waals surface area contributed by atoms with Crippen LogP contribution in [-0.4, -0.2) is 69.2 Å². The molecule has 1 fully saturated rings. The molecular formula is C25H25N5O4. The second-order valence-corrected chi connectivity index (χ2v) is 8.34. The Morgan fingerprint density at radius 2 is 1.88 bits per heavy atom. The Hall–Kier alpha value is -4.14. The highest BCUT2D eigenvalue weighted by Gasteiger charge is 2.34. The maximum absolute atomic E-state index is 13.5. The van der Waals surface area contributed by atoms with Crippen LogP contribution in [0.15, 0.2) is 59.3 Å². The van der Waals surface area contributed by atoms with Crippen molar-refractivity contribution in [2.45, 2.75) is 19.9 Å². The van der Waals surface area contributed by atoms with E-state index in [1.54, 1.807) is 40.6 Å². The third-order valence-electron chi connectivity index (χ3n) is 6.16. The second-order valence-electron chi connectivity index (χ2n) is 8.34. The first-order valence-corrected chi connectivity index (χ1v) is 11.1. The van der Waals surface area contributed by atoms with Gasteiger partial charge >= 0.3 is 0 Å². The van der Waals surface area contributed by atoms with Gasteiger partial charge in [0.25, 0.3) is 11.8 Å². The van der Waals surface area contributed by atoms with Crippen molar-refractivity contribution >= 4 is 22.8 Å². The Bertz CT molecular complexity index is 1360. The summed E-state index contributed by atoms with van der Waals surface area (Å²) in [6, 6.07) is 14.8. The van der Waals surface area contributed by atoms with Crippen LogP contribution >= 0.6 is 0 Å². The molecule has 2 amide bonds. The first-order chi connectivity index (χ1) is 16.5. The molecule has 1 aliphatic heterocycles. The molecule has 3 heterocycles. The standard InChI is InChI=1S/C25H25N5O4/c1-16-14-28(25(32)23-26-15-30(27-23)18-7-5-4-6-8-18)11-12-29(16)24(31)22-17(2)34-21-10-9-19(33-3)13-20(21)22/h4-10,13,15-16H,11-12,14H2,1-3H3. The average Bonchev–Trinajstić information content (AvgIpc) is 3.47. The first kappa shape index (κ1) is 21.7. The van der Waals surface area contributed by atoms with Crippen LogP contribution in [0.3, 0.4) is 0 Å². The predicted molar refractivity (Wildman–Crippen MR) is 125 cm³/mol. The van der Waals surface area contributed by atoms with E-state index in [1.807, 2.05) is 43.3 Å². The van der Waals surface area contributed by atoms with Crippen LogP contribution in [0.1, 0.15) is 33.7 Å². The van der Waals surface area contributed by atoms with Crippen LogP contribution in [0, 0.1) is 6.92 Å². The summed E-state index contributed by atoms with van der Waals surface area (Å²) in [6.07, 6.45) is 1.53. The lowest BCUT2D eigenvalue weighted by Crippen LogP contribution is -2.55. The molecule has 0 saturated carbocycles. The van der Waals surface area contributed by atoms with E-state index in [2.05, 4.69) is 10.1 Å². The Kier molecular flexibility index (Phi) is 5.53. The molecule has 0 N–H and O–H groups in total. The summed E-state index contributed by atoms with van der Waals surface area (Å²) in [4.78, 5) is 34.2. The van der Waals surface area contributed by atoms with Gasteiger partial charge in [0.15, 0.2) is 0 Å². The lowest BCUT2D eigenvalue weighted by atomic mass is 10.1. The van der Waals surface area contributed by atoms with E-state index < -0.39 is 0 Å². The summed E-state index contributed by atoms with van der Waals surface area (Å²) in [5.74, 6) is 1.00. The molecule has 34 heavy (non-hydrogen) atoms. The van der Waals surface area contributed by atoms with E-state index in [4.69, 9.17) is 9.15 Å². The minimum atomic E-state index is -0.247. The number of aryl methyl sites for hydroxylation is 1. The summed E-state index contributed by atoms with van der Waals surface area (Å²) in [6.45, 7) is 4.92. The fourth-order valence-corrected chi connectivity index (χ4v) is 4.39. The summed E-state index contributed by atoms with van der Waals surface area (Å²) in [5, 5.41) is 5.07. The molecule has 1 atom stereocenters. The van der Waals surface area contributed by atoms with Gasteiger partial charge in [-0.2, -0.15) is 0 Å². The Morgan fingerprint density at radius 1 is 1.09 bits per heavy atom. The zero-order valence-corrected chi connectivity index (χ0v) is 19.3. The highest BCUT2D eigenvalue weighted by atomic mass is 16.5. The highest BCUT2D eigenvalue weighted by molar-refractivity contribution is 6.07. The highest BCUT2D eigenvalue weighted by Crippen LogP contribution is 2.31. The van der Waals surface area contributed by atoms with E-state index >= 15 is 0 Å². The maximum Gasteiger partial charge on any atom is 0.293 e. The second kappa shape index (κ2) is 8.66. The smallest absolute Gasteiger partial charge is 0.293 e. The number of furan rings is 1. The monoisotopic (exact) mass is 459 g/mol. The molecule has 2 aromatic heterocycles. The van der Waals surface area contributed by atoms with Crippen LogP contribution in [-0.2, 0) is 0 Å². The minimum absolute atomic E-state index is 0.115. The Balaban J connectivity index is 1.32. The van der Waals surface area contributed by atoms with Gasteiger partial charge in [-0.3, -0.25) is 9.59 Å². The number of carbonyl (C=O) groups excluding carboxylic acids is 2. The molecule has 9 heteroatoms. The molecule has 0 radical (unpaired) electrons. The molecule has 0 bridgehead atoms. The van der Waals surface area contributed by atoms with Crippen molar-refractivity contribution in [3.8, 4) is 11.4 Å². The quantitative estimate of drug-likeness (QED) is 0.465. The number of rotatable bonds is 4. The molecule has 1 saturated heterocycles. The first-order valence-electron chi connectivity index (χ1n) is 11.1. The molecule has 5 rings (SSSR count). The largest absolute Gasteiger partial charge is 0.497 e. The van der Waals surface area contributed by atoms with Gasteiger partial charge < -0.3 is 19.0 Å². The number of fused-ring (bicyclic) bond motifs is 1. The summed E-state index contributed by atoms with van der Waals surface area (Å²) in [5.41, 5.74) is 2.00. The fraction of sp³-hybridized carbons (Fsp3) is 0.280. The number of aromatic nitrogens is 3. The van der Waals surface area contributed by atoms with Gasteiger partial charge in [0.05, 0.1) is 18.4 Å².